The maximum Gasteiger partial charge on any atom is 0.256 e. The van der Waals surface area contributed by atoms with Gasteiger partial charge in [0.05, 0.1) is 17.8 Å². The number of pyridine rings is 1. The molecule has 4 nitrogen and oxygen atoms in total. The van der Waals surface area contributed by atoms with E-state index in [0.717, 1.165) is 30.8 Å². The SMILES string of the molecule is O=C1c2cccnc2CN1CCCN1CCCC1. The summed E-state index contributed by atoms with van der Waals surface area (Å²) >= 11 is 0. The summed E-state index contributed by atoms with van der Waals surface area (Å²) in [5.74, 6) is 0.152. The van der Waals surface area contributed by atoms with E-state index in [0.29, 0.717) is 6.54 Å². The van der Waals surface area contributed by atoms with Crippen LogP contribution in [0.2, 0.25) is 0 Å². The Morgan fingerprint density at radius 1 is 1.22 bits per heavy atom. The maximum absolute atomic E-state index is 12.1. The van der Waals surface area contributed by atoms with E-state index >= 15 is 0 Å². The van der Waals surface area contributed by atoms with Crippen molar-refractivity contribution < 1.29 is 4.79 Å². The maximum atomic E-state index is 12.1. The van der Waals surface area contributed by atoms with Crippen molar-refractivity contribution in [3.63, 3.8) is 0 Å². The minimum absolute atomic E-state index is 0.152. The summed E-state index contributed by atoms with van der Waals surface area (Å²) in [6, 6.07) is 3.72. The summed E-state index contributed by atoms with van der Waals surface area (Å²) in [5, 5.41) is 0. The lowest BCUT2D eigenvalue weighted by Crippen LogP contribution is -2.29. The Labute approximate surface area is 108 Å². The molecule has 3 rings (SSSR count). The average Bonchev–Trinajstić information content (AvgIpc) is 3.00. The van der Waals surface area contributed by atoms with Crippen LogP contribution in [0.4, 0.5) is 0 Å². The Morgan fingerprint density at radius 2 is 2.06 bits per heavy atom. The number of carbonyl (C=O) groups excluding carboxylic acids is 1. The Bertz CT molecular complexity index is 440. The minimum atomic E-state index is 0.152. The number of nitrogens with zero attached hydrogens (tertiary/aromatic N) is 3. The van der Waals surface area contributed by atoms with Crippen LogP contribution in [0.15, 0.2) is 18.3 Å². The highest BCUT2D eigenvalue weighted by molar-refractivity contribution is 5.97. The molecule has 18 heavy (non-hydrogen) atoms. The molecule has 1 saturated heterocycles. The Kier molecular flexibility index (Phi) is 3.28. The second-order valence-electron chi connectivity index (χ2n) is 5.13. The van der Waals surface area contributed by atoms with Gasteiger partial charge in [0.15, 0.2) is 0 Å². The topological polar surface area (TPSA) is 36.4 Å². The van der Waals surface area contributed by atoms with Gasteiger partial charge in [0.1, 0.15) is 0 Å². The first-order valence-corrected chi connectivity index (χ1v) is 6.80. The van der Waals surface area contributed by atoms with E-state index in [1.165, 1.54) is 25.9 Å². The monoisotopic (exact) mass is 245 g/mol. The number of likely N-dealkylation sites (tertiary alicyclic amines) is 1. The molecule has 0 radical (unpaired) electrons. The second kappa shape index (κ2) is 5.06. The van der Waals surface area contributed by atoms with Crippen molar-refractivity contribution in [2.24, 2.45) is 0 Å². The smallest absolute Gasteiger partial charge is 0.256 e. The lowest BCUT2D eigenvalue weighted by atomic mass is 10.2. The summed E-state index contributed by atoms with van der Waals surface area (Å²) in [7, 11) is 0. The summed E-state index contributed by atoms with van der Waals surface area (Å²) in [5.41, 5.74) is 1.72. The van der Waals surface area contributed by atoms with Crippen LogP contribution in [0.3, 0.4) is 0 Å². The zero-order chi connectivity index (χ0) is 12.4. The number of fused-ring (bicyclic) bond motifs is 1. The van der Waals surface area contributed by atoms with Crippen molar-refractivity contribution in [1.82, 2.24) is 14.8 Å². The quantitative estimate of drug-likeness (QED) is 0.807. The lowest BCUT2D eigenvalue weighted by molar-refractivity contribution is 0.0772. The van der Waals surface area contributed by atoms with E-state index in [1.54, 1.807) is 6.20 Å². The van der Waals surface area contributed by atoms with Crippen LogP contribution in [-0.2, 0) is 6.54 Å². The number of hydrogen-bond donors (Lipinski definition) is 0. The van der Waals surface area contributed by atoms with Gasteiger partial charge in [-0.15, -0.1) is 0 Å². The molecule has 0 N–H and O–H groups in total. The Balaban J connectivity index is 1.51. The minimum Gasteiger partial charge on any atom is -0.333 e. The third-order valence-corrected chi connectivity index (χ3v) is 3.85. The fraction of sp³-hybridized carbons (Fsp3) is 0.571. The molecule has 0 unspecified atom stereocenters. The summed E-state index contributed by atoms with van der Waals surface area (Å²) in [6.45, 7) is 5.12. The van der Waals surface area contributed by atoms with Gasteiger partial charge in [0.2, 0.25) is 0 Å². The van der Waals surface area contributed by atoms with Crippen molar-refractivity contribution in [2.75, 3.05) is 26.2 Å². The first kappa shape index (κ1) is 11.7. The van der Waals surface area contributed by atoms with Gasteiger partial charge in [-0.3, -0.25) is 9.78 Å². The van der Waals surface area contributed by atoms with E-state index in [2.05, 4.69) is 9.88 Å². The molecule has 4 heteroatoms. The Hall–Kier alpha value is -1.42. The van der Waals surface area contributed by atoms with Crippen LogP contribution in [0.5, 0.6) is 0 Å². The summed E-state index contributed by atoms with van der Waals surface area (Å²) in [4.78, 5) is 20.8. The number of amides is 1. The standard InChI is InChI=1S/C14H19N3O/c18-14-12-5-3-6-15-13(12)11-17(14)10-4-9-16-7-1-2-8-16/h3,5-6H,1-2,4,7-11H2. The number of hydrogen-bond acceptors (Lipinski definition) is 3. The molecule has 2 aliphatic heterocycles. The predicted molar refractivity (Wildman–Crippen MR) is 69.3 cm³/mol. The molecule has 0 aromatic carbocycles. The van der Waals surface area contributed by atoms with Crippen LogP contribution < -0.4 is 0 Å². The molecule has 1 amide bonds. The highest BCUT2D eigenvalue weighted by atomic mass is 16.2. The van der Waals surface area contributed by atoms with E-state index in [9.17, 15) is 4.79 Å². The van der Waals surface area contributed by atoms with Crippen molar-refractivity contribution in [3.8, 4) is 0 Å². The second-order valence-corrected chi connectivity index (χ2v) is 5.13. The van der Waals surface area contributed by atoms with Gasteiger partial charge in [-0.05, 0) is 51.0 Å². The van der Waals surface area contributed by atoms with E-state index in [4.69, 9.17) is 0 Å². The first-order chi connectivity index (χ1) is 8.84. The van der Waals surface area contributed by atoms with Crippen molar-refractivity contribution >= 4 is 5.91 Å². The van der Waals surface area contributed by atoms with Crippen LogP contribution in [0.1, 0.15) is 35.3 Å². The van der Waals surface area contributed by atoms with Crippen molar-refractivity contribution in [3.05, 3.63) is 29.6 Å². The van der Waals surface area contributed by atoms with Gasteiger partial charge in [0, 0.05) is 12.7 Å². The molecule has 2 aliphatic rings. The molecule has 0 atom stereocenters. The summed E-state index contributed by atoms with van der Waals surface area (Å²) < 4.78 is 0. The van der Waals surface area contributed by atoms with Gasteiger partial charge >= 0.3 is 0 Å². The molecule has 0 spiro atoms. The largest absolute Gasteiger partial charge is 0.333 e. The van der Waals surface area contributed by atoms with Crippen LogP contribution >= 0.6 is 0 Å². The van der Waals surface area contributed by atoms with Crippen LogP contribution in [-0.4, -0.2) is 46.9 Å². The van der Waals surface area contributed by atoms with E-state index in [-0.39, 0.29) is 5.91 Å². The molecule has 1 fully saturated rings. The zero-order valence-electron chi connectivity index (χ0n) is 10.6. The molecule has 96 valence electrons. The highest BCUT2D eigenvalue weighted by Crippen LogP contribution is 2.20. The van der Waals surface area contributed by atoms with Gasteiger partial charge in [-0.2, -0.15) is 0 Å². The number of carbonyl (C=O) groups is 1. The van der Waals surface area contributed by atoms with E-state index in [1.807, 2.05) is 17.0 Å². The normalized spacial score (nSPS) is 19.6. The Morgan fingerprint density at radius 3 is 2.83 bits per heavy atom. The van der Waals surface area contributed by atoms with E-state index < -0.39 is 0 Å². The molecule has 0 aliphatic carbocycles. The molecule has 1 aromatic rings. The third-order valence-electron chi connectivity index (χ3n) is 3.85. The number of rotatable bonds is 4. The number of aromatic nitrogens is 1. The predicted octanol–water partition coefficient (Wildman–Crippen LogP) is 1.52. The molecule has 3 heterocycles. The van der Waals surface area contributed by atoms with Gasteiger partial charge < -0.3 is 9.80 Å². The summed E-state index contributed by atoms with van der Waals surface area (Å²) in [6.07, 6.45) is 5.50. The van der Waals surface area contributed by atoms with Gasteiger partial charge in [-0.25, -0.2) is 0 Å². The highest BCUT2D eigenvalue weighted by Gasteiger charge is 2.27. The fourth-order valence-electron chi connectivity index (χ4n) is 2.85. The molecular formula is C14H19N3O. The third kappa shape index (κ3) is 2.25. The molecule has 0 saturated carbocycles. The van der Waals surface area contributed by atoms with Gasteiger partial charge in [-0.1, -0.05) is 0 Å². The van der Waals surface area contributed by atoms with Crippen molar-refractivity contribution in [1.29, 1.82) is 0 Å². The van der Waals surface area contributed by atoms with Crippen LogP contribution in [0, 0.1) is 0 Å². The lowest BCUT2D eigenvalue weighted by Gasteiger charge is -2.18. The first-order valence-electron chi connectivity index (χ1n) is 6.80. The van der Waals surface area contributed by atoms with Crippen LogP contribution in [0.25, 0.3) is 0 Å². The fourth-order valence-corrected chi connectivity index (χ4v) is 2.85. The molecular weight excluding hydrogens is 226 g/mol. The molecule has 0 bridgehead atoms. The molecule has 1 aromatic heterocycles. The average molecular weight is 245 g/mol. The zero-order valence-corrected chi connectivity index (χ0v) is 10.6. The van der Waals surface area contributed by atoms with Gasteiger partial charge in [0.25, 0.3) is 5.91 Å². The van der Waals surface area contributed by atoms with Crippen molar-refractivity contribution in [2.45, 2.75) is 25.8 Å².